The van der Waals surface area contributed by atoms with Crippen LogP contribution in [-0.4, -0.2) is 43.5 Å². The van der Waals surface area contributed by atoms with Crippen LogP contribution in [0.4, 0.5) is 0 Å². The number of amidine groups is 1. The molecule has 1 aromatic rings. The molecule has 5 nitrogen and oxygen atoms in total. The highest BCUT2D eigenvalue weighted by molar-refractivity contribution is 7.90. The fraction of sp³-hybridized carbons (Fsp3) is 0.533. The molecule has 0 bridgehead atoms. The van der Waals surface area contributed by atoms with Crippen molar-refractivity contribution in [3.8, 4) is 0 Å². The van der Waals surface area contributed by atoms with Gasteiger partial charge in [-0.2, -0.15) is 8.42 Å². The van der Waals surface area contributed by atoms with Crippen molar-refractivity contribution in [2.24, 2.45) is 4.40 Å². The van der Waals surface area contributed by atoms with Crippen LogP contribution < -0.4 is 0 Å². The first-order valence-corrected chi connectivity index (χ1v) is 8.89. The van der Waals surface area contributed by atoms with E-state index in [-0.39, 0.29) is 17.5 Å². The molecule has 21 heavy (non-hydrogen) atoms. The fourth-order valence-corrected chi connectivity index (χ4v) is 4.47. The lowest BCUT2D eigenvalue weighted by atomic mass is 9.93. The molecule has 0 spiro atoms. The van der Waals surface area contributed by atoms with Gasteiger partial charge >= 0.3 is 0 Å². The highest BCUT2D eigenvalue weighted by Gasteiger charge is 2.34. The maximum Gasteiger partial charge on any atom is 0.285 e. The molecular weight excluding hydrogens is 288 g/mol. The van der Waals surface area contributed by atoms with Gasteiger partial charge in [0.2, 0.25) is 0 Å². The van der Waals surface area contributed by atoms with Crippen LogP contribution in [0.5, 0.6) is 0 Å². The molecule has 1 saturated carbocycles. The van der Waals surface area contributed by atoms with Crippen molar-refractivity contribution in [1.82, 2.24) is 4.90 Å². The van der Waals surface area contributed by atoms with Gasteiger partial charge < -0.3 is 10.0 Å². The third-order valence-electron chi connectivity index (χ3n) is 4.24. The Morgan fingerprint density at radius 2 is 1.90 bits per heavy atom. The van der Waals surface area contributed by atoms with Gasteiger partial charge in [0.05, 0.1) is 6.61 Å². The van der Waals surface area contributed by atoms with Gasteiger partial charge in [0.15, 0.2) is 5.84 Å². The molecule has 0 atom stereocenters. The fourth-order valence-electron chi connectivity index (χ4n) is 3.26. The SMILES string of the molecule is O=S1(=O)N=C(N(CCO)C2CCCCC2)c2ccccc21. The summed E-state index contributed by atoms with van der Waals surface area (Å²) in [6.07, 6.45) is 5.58. The Bertz CT molecular complexity index is 649. The predicted octanol–water partition coefficient (Wildman–Crippen LogP) is 1.76. The Balaban J connectivity index is 2.00. The van der Waals surface area contributed by atoms with Crippen molar-refractivity contribution in [3.05, 3.63) is 29.8 Å². The molecule has 0 saturated heterocycles. The average Bonchev–Trinajstić information content (AvgIpc) is 2.78. The Kier molecular flexibility index (Phi) is 3.99. The summed E-state index contributed by atoms with van der Waals surface area (Å²) in [5, 5.41) is 9.36. The summed E-state index contributed by atoms with van der Waals surface area (Å²) >= 11 is 0. The van der Waals surface area contributed by atoms with Gasteiger partial charge in [-0.15, -0.1) is 4.40 Å². The second-order valence-electron chi connectivity index (χ2n) is 5.59. The second kappa shape index (κ2) is 5.77. The van der Waals surface area contributed by atoms with Crippen LogP contribution in [0.3, 0.4) is 0 Å². The second-order valence-corrected chi connectivity index (χ2v) is 7.17. The first kappa shape index (κ1) is 14.5. The number of aliphatic hydroxyl groups is 1. The number of rotatable bonds is 3. The van der Waals surface area contributed by atoms with Gasteiger partial charge in [-0.05, 0) is 25.0 Å². The number of hydrogen-bond donors (Lipinski definition) is 1. The van der Waals surface area contributed by atoms with Crippen molar-refractivity contribution in [2.75, 3.05) is 13.2 Å². The molecule has 0 unspecified atom stereocenters. The van der Waals surface area contributed by atoms with E-state index >= 15 is 0 Å². The Hall–Kier alpha value is -1.40. The number of fused-ring (bicyclic) bond motifs is 1. The minimum absolute atomic E-state index is 0.00225. The van der Waals surface area contributed by atoms with E-state index < -0.39 is 10.0 Å². The monoisotopic (exact) mass is 308 g/mol. The molecule has 6 heteroatoms. The van der Waals surface area contributed by atoms with Crippen LogP contribution in [0.1, 0.15) is 37.7 Å². The molecule has 1 aliphatic carbocycles. The highest BCUT2D eigenvalue weighted by atomic mass is 32.2. The Morgan fingerprint density at radius 3 is 2.62 bits per heavy atom. The quantitative estimate of drug-likeness (QED) is 0.924. The first-order valence-electron chi connectivity index (χ1n) is 7.45. The van der Waals surface area contributed by atoms with Crippen molar-refractivity contribution in [1.29, 1.82) is 0 Å². The minimum Gasteiger partial charge on any atom is -0.395 e. The lowest BCUT2D eigenvalue weighted by Crippen LogP contribution is -2.43. The smallest absolute Gasteiger partial charge is 0.285 e. The van der Waals surface area contributed by atoms with Crippen LogP contribution in [-0.2, 0) is 10.0 Å². The van der Waals surface area contributed by atoms with E-state index in [9.17, 15) is 13.5 Å². The molecule has 1 aromatic carbocycles. The molecule has 1 aliphatic heterocycles. The van der Waals surface area contributed by atoms with Gasteiger partial charge in [-0.25, -0.2) is 0 Å². The minimum atomic E-state index is -3.59. The molecule has 114 valence electrons. The van der Waals surface area contributed by atoms with E-state index in [1.165, 1.54) is 6.42 Å². The molecule has 1 fully saturated rings. The number of benzene rings is 1. The van der Waals surface area contributed by atoms with E-state index in [0.29, 0.717) is 17.9 Å². The predicted molar refractivity (Wildman–Crippen MR) is 80.8 cm³/mol. The summed E-state index contributed by atoms with van der Waals surface area (Å²) in [4.78, 5) is 2.27. The van der Waals surface area contributed by atoms with E-state index in [0.717, 1.165) is 25.7 Å². The van der Waals surface area contributed by atoms with Crippen LogP contribution in [0, 0.1) is 0 Å². The largest absolute Gasteiger partial charge is 0.395 e. The van der Waals surface area contributed by atoms with Crippen molar-refractivity contribution < 1.29 is 13.5 Å². The summed E-state index contributed by atoms with van der Waals surface area (Å²) < 4.78 is 28.3. The van der Waals surface area contributed by atoms with E-state index in [1.54, 1.807) is 18.2 Å². The summed E-state index contributed by atoms with van der Waals surface area (Å²) in [5.41, 5.74) is 0.663. The third kappa shape index (κ3) is 2.70. The van der Waals surface area contributed by atoms with E-state index in [2.05, 4.69) is 4.40 Å². The van der Waals surface area contributed by atoms with Gasteiger partial charge in [0.1, 0.15) is 4.90 Å². The van der Waals surface area contributed by atoms with Crippen molar-refractivity contribution in [3.63, 3.8) is 0 Å². The van der Waals surface area contributed by atoms with Crippen LogP contribution in [0.25, 0.3) is 0 Å². The highest BCUT2D eigenvalue weighted by Crippen LogP contribution is 2.31. The normalized spacial score (nSPS) is 20.9. The maximum absolute atomic E-state index is 12.2. The molecule has 0 amide bonds. The topological polar surface area (TPSA) is 70.0 Å². The lowest BCUT2D eigenvalue weighted by molar-refractivity contribution is 0.191. The van der Waals surface area contributed by atoms with Gasteiger partial charge in [0, 0.05) is 18.2 Å². The van der Waals surface area contributed by atoms with Crippen molar-refractivity contribution in [2.45, 2.75) is 43.0 Å². The Morgan fingerprint density at radius 1 is 1.19 bits per heavy atom. The number of sulfonamides is 1. The van der Waals surface area contributed by atoms with E-state index in [1.807, 2.05) is 11.0 Å². The van der Waals surface area contributed by atoms with E-state index in [4.69, 9.17) is 0 Å². The molecule has 1 heterocycles. The van der Waals surface area contributed by atoms with Gasteiger partial charge in [-0.3, -0.25) is 0 Å². The van der Waals surface area contributed by atoms with Gasteiger partial charge in [0.25, 0.3) is 10.0 Å². The Labute approximate surface area is 125 Å². The van der Waals surface area contributed by atoms with Crippen LogP contribution in [0.2, 0.25) is 0 Å². The molecule has 3 rings (SSSR count). The summed E-state index contributed by atoms with van der Waals surface area (Å²) in [5.74, 6) is 0.506. The maximum atomic E-state index is 12.2. The molecule has 1 N–H and O–H groups in total. The first-order chi connectivity index (χ1) is 10.1. The number of hydrogen-bond acceptors (Lipinski definition) is 4. The standard InChI is InChI=1S/C15H20N2O3S/c18-11-10-17(12-6-2-1-3-7-12)15-13-8-4-5-9-14(13)21(19,20)16-15/h4-5,8-9,12,18H,1-3,6-7,10-11H2. The number of aliphatic hydroxyl groups excluding tert-OH is 1. The summed E-state index contributed by atoms with van der Waals surface area (Å²) in [7, 11) is -3.59. The van der Waals surface area contributed by atoms with Crippen LogP contribution in [0.15, 0.2) is 33.6 Å². The molecule has 2 aliphatic rings. The lowest BCUT2D eigenvalue weighted by Gasteiger charge is -2.35. The van der Waals surface area contributed by atoms with Crippen LogP contribution >= 0.6 is 0 Å². The third-order valence-corrected chi connectivity index (χ3v) is 5.57. The summed E-state index contributed by atoms with van der Waals surface area (Å²) in [6.45, 7) is 0.422. The molecular formula is C15H20N2O3S. The summed E-state index contributed by atoms with van der Waals surface area (Å²) in [6, 6.07) is 7.20. The number of nitrogens with zero attached hydrogens (tertiary/aromatic N) is 2. The zero-order valence-corrected chi connectivity index (χ0v) is 12.7. The average molecular weight is 308 g/mol. The molecule has 0 radical (unpaired) electrons. The zero-order chi connectivity index (χ0) is 14.9. The zero-order valence-electron chi connectivity index (χ0n) is 11.9. The van der Waals surface area contributed by atoms with Gasteiger partial charge in [-0.1, -0.05) is 31.4 Å². The van der Waals surface area contributed by atoms with Crippen molar-refractivity contribution >= 4 is 15.9 Å². The molecule has 0 aromatic heterocycles.